The lowest BCUT2D eigenvalue weighted by atomic mass is 10.1. The van der Waals surface area contributed by atoms with Crippen molar-refractivity contribution in [3.63, 3.8) is 0 Å². The average Bonchev–Trinajstić information content (AvgIpc) is 2.79. The molecule has 0 aliphatic heterocycles. The highest BCUT2D eigenvalue weighted by molar-refractivity contribution is 5.97. The molecule has 1 atom stereocenters. The normalized spacial score (nSPS) is 12.2. The van der Waals surface area contributed by atoms with Gasteiger partial charge in [0, 0.05) is 19.3 Å². The topological polar surface area (TPSA) is 112 Å². The predicted molar refractivity (Wildman–Crippen MR) is 122 cm³/mol. The first-order valence-electron chi connectivity index (χ1n) is 10.5. The van der Waals surface area contributed by atoms with Crippen LogP contribution in [0.1, 0.15) is 40.9 Å². The number of benzene rings is 1. The number of aryl methyl sites for hydroxylation is 2. The number of hydrogen-bond donors (Lipinski definition) is 3. The number of rotatable bonds is 6. The summed E-state index contributed by atoms with van der Waals surface area (Å²) >= 11 is 0. The molecule has 32 heavy (non-hydrogen) atoms. The second-order valence-electron chi connectivity index (χ2n) is 7.78. The minimum Gasteiger partial charge on any atom is -0.396 e. The molecule has 0 bridgehead atoms. The number of aromatic nitrogens is 3. The first kappa shape index (κ1) is 21.5. The molecular formula is C24H25N5O3. The van der Waals surface area contributed by atoms with Gasteiger partial charge in [0.25, 0.3) is 11.5 Å². The summed E-state index contributed by atoms with van der Waals surface area (Å²) in [7, 11) is 0. The molecule has 0 aliphatic carbocycles. The summed E-state index contributed by atoms with van der Waals surface area (Å²) in [4.78, 5) is 31.0. The molecule has 1 amide bonds. The lowest BCUT2D eigenvalue weighted by Gasteiger charge is -2.17. The molecule has 0 fully saturated rings. The summed E-state index contributed by atoms with van der Waals surface area (Å²) < 4.78 is 2.98. The average molecular weight is 431 g/mol. The number of aliphatic hydroxyl groups is 1. The lowest BCUT2D eigenvalue weighted by molar-refractivity contribution is 0.0937. The van der Waals surface area contributed by atoms with Crippen molar-refractivity contribution >= 4 is 22.6 Å². The zero-order chi connectivity index (χ0) is 22.8. The molecule has 0 saturated heterocycles. The van der Waals surface area contributed by atoms with Gasteiger partial charge in [-0.25, -0.2) is 4.98 Å². The zero-order valence-corrected chi connectivity index (χ0v) is 18.0. The van der Waals surface area contributed by atoms with Gasteiger partial charge < -0.3 is 15.0 Å². The van der Waals surface area contributed by atoms with Crippen molar-refractivity contribution in [3.8, 4) is 0 Å². The van der Waals surface area contributed by atoms with Crippen LogP contribution in [0.5, 0.6) is 0 Å². The Morgan fingerprint density at radius 1 is 1.19 bits per heavy atom. The lowest BCUT2D eigenvalue weighted by Crippen LogP contribution is -2.36. The Morgan fingerprint density at radius 2 is 1.94 bits per heavy atom. The number of carbonyl (C=O) groups is 1. The van der Waals surface area contributed by atoms with Crippen LogP contribution in [0.4, 0.5) is 0 Å². The third kappa shape index (κ3) is 3.80. The van der Waals surface area contributed by atoms with E-state index in [0.29, 0.717) is 17.7 Å². The minimum atomic E-state index is -0.445. The molecule has 8 heteroatoms. The molecule has 4 aromatic rings. The van der Waals surface area contributed by atoms with Crippen LogP contribution in [0, 0.1) is 12.3 Å². The van der Waals surface area contributed by atoms with E-state index in [1.165, 1.54) is 15.0 Å². The van der Waals surface area contributed by atoms with E-state index in [-0.39, 0.29) is 41.2 Å². The Bertz CT molecular complexity index is 1420. The van der Waals surface area contributed by atoms with Gasteiger partial charge in [0.15, 0.2) is 0 Å². The highest BCUT2D eigenvalue weighted by Gasteiger charge is 2.19. The summed E-state index contributed by atoms with van der Waals surface area (Å²) in [6.07, 6.45) is 2.01. The van der Waals surface area contributed by atoms with Crippen molar-refractivity contribution in [3.05, 3.63) is 87.3 Å². The molecule has 1 aromatic carbocycles. The third-order valence-electron chi connectivity index (χ3n) is 5.57. The van der Waals surface area contributed by atoms with E-state index >= 15 is 0 Å². The first-order valence-corrected chi connectivity index (χ1v) is 10.5. The Labute approximate surface area is 184 Å². The fraction of sp³-hybridized carbons (Fsp3) is 0.250. The Hall–Kier alpha value is -3.78. The Balaban J connectivity index is 1.89. The molecule has 3 aromatic heterocycles. The molecule has 1 unspecified atom stereocenters. The number of hydrogen-bond acceptors (Lipinski definition) is 5. The van der Waals surface area contributed by atoms with E-state index in [4.69, 9.17) is 5.41 Å². The zero-order valence-electron chi connectivity index (χ0n) is 18.0. The van der Waals surface area contributed by atoms with Crippen molar-refractivity contribution in [2.24, 2.45) is 0 Å². The van der Waals surface area contributed by atoms with Crippen molar-refractivity contribution in [2.45, 2.75) is 32.9 Å². The molecule has 3 N–H and O–H groups in total. The van der Waals surface area contributed by atoms with Crippen LogP contribution in [-0.4, -0.2) is 31.6 Å². The number of fused-ring (bicyclic) bond motifs is 2. The fourth-order valence-corrected chi connectivity index (χ4v) is 3.82. The van der Waals surface area contributed by atoms with Crippen LogP contribution < -0.4 is 16.4 Å². The standard InChI is InChI=1S/C24H25N5O3/c1-15-8-6-11-29-21(15)27-22-19(24(29)32)14-18(20(25)28(22)12-7-13-30)23(31)26-16(2)17-9-4-3-5-10-17/h3-6,8-11,14,16,25,30H,7,12-13H2,1-2H3,(H,26,31). The SMILES string of the molecule is Cc1cccn2c(=O)c3cc(C(=O)NC(C)c4ccccc4)c(=N)n(CCCO)c3nc12. The molecule has 0 saturated carbocycles. The summed E-state index contributed by atoms with van der Waals surface area (Å²) in [6.45, 7) is 3.90. The van der Waals surface area contributed by atoms with Crippen molar-refractivity contribution in [1.29, 1.82) is 5.41 Å². The maximum Gasteiger partial charge on any atom is 0.267 e. The highest BCUT2D eigenvalue weighted by Crippen LogP contribution is 2.15. The number of amides is 1. The minimum absolute atomic E-state index is 0.0476. The van der Waals surface area contributed by atoms with E-state index in [1.54, 1.807) is 12.3 Å². The van der Waals surface area contributed by atoms with E-state index in [2.05, 4.69) is 10.3 Å². The number of aliphatic hydroxyl groups excluding tert-OH is 1. The smallest absolute Gasteiger partial charge is 0.267 e. The Morgan fingerprint density at radius 3 is 2.66 bits per heavy atom. The molecule has 3 heterocycles. The maximum atomic E-state index is 13.3. The molecule has 0 radical (unpaired) electrons. The highest BCUT2D eigenvalue weighted by atomic mass is 16.3. The van der Waals surface area contributed by atoms with E-state index < -0.39 is 5.91 Å². The van der Waals surface area contributed by atoms with Crippen LogP contribution >= 0.6 is 0 Å². The van der Waals surface area contributed by atoms with E-state index in [0.717, 1.165) is 11.1 Å². The van der Waals surface area contributed by atoms with Crippen molar-refractivity contribution < 1.29 is 9.90 Å². The molecular weight excluding hydrogens is 406 g/mol. The Kier molecular flexibility index (Phi) is 5.87. The van der Waals surface area contributed by atoms with Crippen LogP contribution in [0.2, 0.25) is 0 Å². The molecule has 164 valence electrons. The van der Waals surface area contributed by atoms with Crippen LogP contribution in [0.3, 0.4) is 0 Å². The van der Waals surface area contributed by atoms with Gasteiger partial charge in [-0.15, -0.1) is 0 Å². The largest absolute Gasteiger partial charge is 0.396 e. The van der Waals surface area contributed by atoms with Gasteiger partial charge in [-0.2, -0.15) is 0 Å². The van der Waals surface area contributed by atoms with Gasteiger partial charge in [-0.1, -0.05) is 36.4 Å². The van der Waals surface area contributed by atoms with Crippen LogP contribution in [-0.2, 0) is 6.54 Å². The van der Waals surface area contributed by atoms with Gasteiger partial charge >= 0.3 is 0 Å². The van der Waals surface area contributed by atoms with Gasteiger partial charge in [0.2, 0.25) is 0 Å². The molecule has 0 aliphatic rings. The van der Waals surface area contributed by atoms with Gasteiger partial charge in [0.05, 0.1) is 17.0 Å². The monoisotopic (exact) mass is 431 g/mol. The molecule has 4 rings (SSSR count). The third-order valence-corrected chi connectivity index (χ3v) is 5.57. The summed E-state index contributed by atoms with van der Waals surface area (Å²) in [5.41, 5.74) is 2.32. The second kappa shape index (κ2) is 8.76. The number of pyridine rings is 2. The predicted octanol–water partition coefficient (Wildman–Crippen LogP) is 2.31. The first-order chi connectivity index (χ1) is 15.4. The number of carbonyl (C=O) groups excluding carboxylic acids is 1. The summed E-state index contributed by atoms with van der Waals surface area (Å²) in [5, 5.41) is 21.2. The van der Waals surface area contributed by atoms with Crippen LogP contribution in [0.15, 0.2) is 59.5 Å². The van der Waals surface area contributed by atoms with Gasteiger partial charge in [0.1, 0.15) is 16.8 Å². The fourth-order valence-electron chi connectivity index (χ4n) is 3.82. The second-order valence-corrected chi connectivity index (χ2v) is 7.78. The van der Waals surface area contributed by atoms with Crippen molar-refractivity contribution in [2.75, 3.05) is 6.61 Å². The van der Waals surface area contributed by atoms with Gasteiger partial charge in [-0.05, 0) is 43.5 Å². The quantitative estimate of drug-likeness (QED) is 0.407. The van der Waals surface area contributed by atoms with Crippen LogP contribution in [0.25, 0.3) is 16.7 Å². The summed E-state index contributed by atoms with van der Waals surface area (Å²) in [5.74, 6) is -0.445. The number of nitrogens with one attached hydrogen (secondary N) is 2. The summed E-state index contributed by atoms with van der Waals surface area (Å²) in [6, 6.07) is 14.3. The molecule has 8 nitrogen and oxygen atoms in total. The van der Waals surface area contributed by atoms with Gasteiger partial charge in [-0.3, -0.25) is 19.4 Å². The van der Waals surface area contributed by atoms with Crippen molar-refractivity contribution in [1.82, 2.24) is 19.3 Å². The number of nitrogens with zero attached hydrogens (tertiary/aromatic N) is 3. The maximum absolute atomic E-state index is 13.3. The van der Waals surface area contributed by atoms with E-state index in [1.807, 2.05) is 50.2 Å². The molecule has 0 spiro atoms. The van der Waals surface area contributed by atoms with E-state index in [9.17, 15) is 14.7 Å².